The molecule has 1 aromatic carbocycles. The summed E-state index contributed by atoms with van der Waals surface area (Å²) in [6.07, 6.45) is 2.29. The summed E-state index contributed by atoms with van der Waals surface area (Å²) in [7, 11) is 0. The molecular formula is C18H17N3O2. The number of aryl methyl sites for hydroxylation is 1. The van der Waals surface area contributed by atoms with Gasteiger partial charge in [0.15, 0.2) is 0 Å². The first-order valence-corrected chi connectivity index (χ1v) is 7.82. The molecule has 23 heavy (non-hydrogen) atoms. The monoisotopic (exact) mass is 307 g/mol. The first-order valence-electron chi connectivity index (χ1n) is 7.82. The summed E-state index contributed by atoms with van der Waals surface area (Å²) in [4.78, 5) is 26.6. The van der Waals surface area contributed by atoms with Crippen LogP contribution in [0.3, 0.4) is 0 Å². The third-order valence-electron chi connectivity index (χ3n) is 4.95. The van der Waals surface area contributed by atoms with Gasteiger partial charge in [0.1, 0.15) is 0 Å². The van der Waals surface area contributed by atoms with Gasteiger partial charge in [0, 0.05) is 19.4 Å². The molecule has 2 aliphatic rings. The van der Waals surface area contributed by atoms with Crippen molar-refractivity contribution >= 4 is 11.8 Å². The Morgan fingerprint density at radius 3 is 2.78 bits per heavy atom. The van der Waals surface area contributed by atoms with Gasteiger partial charge in [-0.25, -0.2) is 0 Å². The van der Waals surface area contributed by atoms with Crippen molar-refractivity contribution in [1.29, 1.82) is 10.5 Å². The van der Waals surface area contributed by atoms with Crippen molar-refractivity contribution in [2.75, 3.05) is 6.54 Å². The van der Waals surface area contributed by atoms with E-state index in [1.807, 2.05) is 30.3 Å². The second-order valence-corrected chi connectivity index (χ2v) is 6.25. The van der Waals surface area contributed by atoms with Crippen molar-refractivity contribution < 1.29 is 9.59 Å². The SMILES string of the molecule is N#CCCC(C#N)CN1C(=O)CC2(CCc3ccccc32)C1=O. The zero-order valence-corrected chi connectivity index (χ0v) is 12.8. The lowest BCUT2D eigenvalue weighted by Gasteiger charge is -2.23. The lowest BCUT2D eigenvalue weighted by molar-refractivity contribution is -0.140. The van der Waals surface area contributed by atoms with Crippen molar-refractivity contribution in [3.63, 3.8) is 0 Å². The van der Waals surface area contributed by atoms with Gasteiger partial charge in [0.25, 0.3) is 0 Å². The van der Waals surface area contributed by atoms with Crippen LogP contribution in [0.2, 0.25) is 0 Å². The van der Waals surface area contributed by atoms with Gasteiger partial charge >= 0.3 is 0 Å². The van der Waals surface area contributed by atoms with E-state index in [1.165, 1.54) is 4.90 Å². The van der Waals surface area contributed by atoms with E-state index in [0.717, 1.165) is 17.5 Å². The molecule has 3 rings (SSSR count). The van der Waals surface area contributed by atoms with Crippen LogP contribution in [-0.2, 0) is 21.4 Å². The quantitative estimate of drug-likeness (QED) is 0.797. The number of nitriles is 2. The molecule has 0 N–H and O–H groups in total. The highest BCUT2D eigenvalue weighted by Gasteiger charge is 2.55. The maximum absolute atomic E-state index is 13.0. The third kappa shape index (κ3) is 2.39. The molecule has 1 spiro atoms. The average molecular weight is 307 g/mol. The molecule has 2 amide bonds. The Labute approximate surface area is 135 Å². The molecule has 116 valence electrons. The van der Waals surface area contributed by atoms with Crippen molar-refractivity contribution in [3.05, 3.63) is 35.4 Å². The predicted molar refractivity (Wildman–Crippen MR) is 81.7 cm³/mol. The molecule has 1 heterocycles. The van der Waals surface area contributed by atoms with Gasteiger partial charge in [-0.2, -0.15) is 10.5 Å². The highest BCUT2D eigenvalue weighted by Crippen LogP contribution is 2.46. The van der Waals surface area contributed by atoms with Gasteiger partial charge in [-0.1, -0.05) is 24.3 Å². The molecule has 0 saturated carbocycles. The largest absolute Gasteiger partial charge is 0.280 e. The maximum atomic E-state index is 13.0. The van der Waals surface area contributed by atoms with E-state index in [2.05, 4.69) is 6.07 Å². The third-order valence-corrected chi connectivity index (χ3v) is 4.95. The Hall–Kier alpha value is -2.66. The molecule has 0 radical (unpaired) electrons. The number of carbonyl (C=O) groups is 2. The number of fused-ring (bicyclic) bond motifs is 2. The van der Waals surface area contributed by atoms with Crippen molar-refractivity contribution in [2.24, 2.45) is 5.92 Å². The zero-order valence-electron chi connectivity index (χ0n) is 12.8. The summed E-state index contributed by atoms with van der Waals surface area (Å²) < 4.78 is 0. The molecule has 1 fully saturated rings. The van der Waals surface area contributed by atoms with Crippen molar-refractivity contribution in [1.82, 2.24) is 4.90 Å². The first-order chi connectivity index (χ1) is 11.1. The fraction of sp³-hybridized carbons (Fsp3) is 0.444. The van der Waals surface area contributed by atoms with Crippen LogP contribution in [0.25, 0.3) is 0 Å². The van der Waals surface area contributed by atoms with Crippen LogP contribution in [0, 0.1) is 28.6 Å². The van der Waals surface area contributed by atoms with Crippen LogP contribution in [0.5, 0.6) is 0 Å². The lowest BCUT2D eigenvalue weighted by atomic mass is 9.80. The van der Waals surface area contributed by atoms with E-state index in [9.17, 15) is 14.9 Å². The minimum Gasteiger partial charge on any atom is -0.280 e. The summed E-state index contributed by atoms with van der Waals surface area (Å²) in [5.74, 6) is -0.858. The molecule has 0 bridgehead atoms. The van der Waals surface area contributed by atoms with E-state index in [-0.39, 0.29) is 31.2 Å². The Morgan fingerprint density at radius 2 is 2.04 bits per heavy atom. The number of benzene rings is 1. The number of nitrogens with zero attached hydrogens (tertiary/aromatic N) is 3. The average Bonchev–Trinajstić information content (AvgIpc) is 3.05. The number of rotatable bonds is 4. The summed E-state index contributed by atoms with van der Waals surface area (Å²) in [5, 5.41) is 17.8. The predicted octanol–water partition coefficient (Wildman–Crippen LogP) is 2.07. The molecule has 1 aromatic rings. The minimum absolute atomic E-state index is 0.0970. The van der Waals surface area contributed by atoms with Gasteiger partial charge in [0.05, 0.1) is 23.5 Å². The van der Waals surface area contributed by atoms with Gasteiger partial charge < -0.3 is 0 Å². The molecule has 1 aliphatic heterocycles. The van der Waals surface area contributed by atoms with E-state index >= 15 is 0 Å². The van der Waals surface area contributed by atoms with E-state index < -0.39 is 11.3 Å². The number of amides is 2. The van der Waals surface area contributed by atoms with Gasteiger partial charge in [0.2, 0.25) is 11.8 Å². The number of imide groups is 1. The number of hydrogen-bond acceptors (Lipinski definition) is 4. The standard InChI is InChI=1S/C18H17N3O2/c19-9-3-4-13(11-20)12-21-16(22)10-18(17(21)23)8-7-14-5-1-2-6-15(14)18/h1-2,5-6,13H,3-4,7-8,10,12H2. The molecule has 2 atom stereocenters. The normalized spacial score (nSPS) is 23.7. The first kappa shape index (κ1) is 15.2. The number of likely N-dealkylation sites (tertiary alicyclic amines) is 1. The van der Waals surface area contributed by atoms with E-state index in [1.54, 1.807) is 0 Å². The molecule has 5 heteroatoms. The number of hydrogen-bond donors (Lipinski definition) is 0. The van der Waals surface area contributed by atoms with Crippen LogP contribution in [0.1, 0.15) is 36.8 Å². The fourth-order valence-electron chi connectivity index (χ4n) is 3.74. The van der Waals surface area contributed by atoms with Crippen LogP contribution >= 0.6 is 0 Å². The minimum atomic E-state index is -0.733. The van der Waals surface area contributed by atoms with Crippen molar-refractivity contribution in [3.8, 4) is 12.1 Å². The summed E-state index contributed by atoms with van der Waals surface area (Å²) in [6.45, 7) is 0.0970. The Bertz CT molecular complexity index is 743. The molecule has 2 unspecified atom stereocenters. The smallest absolute Gasteiger partial charge is 0.240 e. The van der Waals surface area contributed by atoms with Gasteiger partial charge in [-0.05, 0) is 30.4 Å². The fourth-order valence-corrected chi connectivity index (χ4v) is 3.74. The zero-order chi connectivity index (χ0) is 16.4. The molecule has 5 nitrogen and oxygen atoms in total. The van der Waals surface area contributed by atoms with Gasteiger partial charge in [-0.3, -0.25) is 14.5 Å². The van der Waals surface area contributed by atoms with E-state index in [4.69, 9.17) is 5.26 Å². The second kappa shape index (κ2) is 5.85. The Kier molecular flexibility index (Phi) is 3.88. The maximum Gasteiger partial charge on any atom is 0.240 e. The van der Waals surface area contributed by atoms with Crippen LogP contribution in [-0.4, -0.2) is 23.3 Å². The number of carbonyl (C=O) groups excluding carboxylic acids is 2. The van der Waals surface area contributed by atoms with E-state index in [0.29, 0.717) is 12.8 Å². The summed E-state index contributed by atoms with van der Waals surface area (Å²) >= 11 is 0. The topological polar surface area (TPSA) is 85.0 Å². The molecule has 0 aromatic heterocycles. The Balaban J connectivity index is 1.85. The van der Waals surface area contributed by atoms with Crippen molar-refractivity contribution in [2.45, 2.75) is 37.5 Å². The molecule has 1 aliphatic carbocycles. The second-order valence-electron chi connectivity index (χ2n) is 6.25. The van der Waals surface area contributed by atoms with Crippen LogP contribution in [0.4, 0.5) is 0 Å². The lowest BCUT2D eigenvalue weighted by Crippen LogP contribution is -2.39. The highest BCUT2D eigenvalue weighted by atomic mass is 16.2. The highest BCUT2D eigenvalue weighted by molar-refractivity contribution is 6.09. The summed E-state index contributed by atoms with van der Waals surface area (Å²) in [5.41, 5.74) is 1.37. The van der Waals surface area contributed by atoms with Crippen LogP contribution < -0.4 is 0 Å². The molecular weight excluding hydrogens is 290 g/mol. The Morgan fingerprint density at radius 1 is 1.26 bits per heavy atom. The summed E-state index contributed by atoms with van der Waals surface area (Å²) in [6, 6.07) is 11.9. The van der Waals surface area contributed by atoms with Crippen LogP contribution in [0.15, 0.2) is 24.3 Å². The molecule has 1 saturated heterocycles. The van der Waals surface area contributed by atoms with Gasteiger partial charge in [-0.15, -0.1) is 0 Å².